The van der Waals surface area contributed by atoms with E-state index in [1.165, 1.54) is 18.6 Å². The second-order valence-electron chi connectivity index (χ2n) is 9.45. The Labute approximate surface area is 162 Å². The first kappa shape index (κ1) is 15.9. The smallest absolute Gasteiger partial charge is 0.190 e. The van der Waals surface area contributed by atoms with Crippen LogP contribution in [0.25, 0.3) is 0 Å². The highest BCUT2D eigenvalue weighted by atomic mass is 19.1. The summed E-state index contributed by atoms with van der Waals surface area (Å²) in [6.45, 7) is 0. The normalized spacial score (nSPS) is 38.1. The van der Waals surface area contributed by atoms with Crippen LogP contribution < -0.4 is 5.32 Å². The maximum absolute atomic E-state index is 14.4. The number of anilines is 2. The van der Waals surface area contributed by atoms with Gasteiger partial charge in [-0.25, -0.2) is 18.6 Å². The summed E-state index contributed by atoms with van der Waals surface area (Å²) in [6, 6.07) is 9.51. The highest BCUT2D eigenvalue weighted by molar-refractivity contribution is 5.76. The fourth-order valence-electron chi connectivity index (χ4n) is 7.45. The quantitative estimate of drug-likeness (QED) is 0.618. The summed E-state index contributed by atoms with van der Waals surface area (Å²) in [7, 11) is 0. The van der Waals surface area contributed by atoms with Crippen molar-refractivity contribution in [1.29, 1.82) is 0 Å². The Morgan fingerprint density at radius 2 is 1.29 bits per heavy atom. The molecule has 2 heterocycles. The fourth-order valence-corrected chi connectivity index (χ4v) is 7.45. The topological polar surface area (TPSA) is 30.5 Å². The van der Waals surface area contributed by atoms with E-state index in [0.717, 1.165) is 60.0 Å². The van der Waals surface area contributed by atoms with Gasteiger partial charge in [-0.1, -0.05) is 0 Å². The molecule has 0 amide bonds. The van der Waals surface area contributed by atoms with Gasteiger partial charge in [-0.05, 0) is 92.2 Å². The van der Waals surface area contributed by atoms with Crippen LogP contribution in [0.5, 0.6) is 0 Å². The van der Waals surface area contributed by atoms with E-state index in [1.54, 1.807) is 24.3 Å². The summed E-state index contributed by atoms with van der Waals surface area (Å²) in [5.74, 6) is 1.62. The molecular weight excluding hydrogens is 360 g/mol. The zero-order valence-corrected chi connectivity index (χ0v) is 15.4. The van der Waals surface area contributed by atoms with E-state index in [9.17, 15) is 8.78 Å². The van der Waals surface area contributed by atoms with Crippen molar-refractivity contribution in [3.05, 3.63) is 59.2 Å². The summed E-state index contributed by atoms with van der Waals surface area (Å²) in [6.07, 6.45) is 5.83. The predicted molar refractivity (Wildman–Crippen MR) is 98.8 cm³/mol. The van der Waals surface area contributed by atoms with Crippen molar-refractivity contribution in [3.63, 3.8) is 0 Å². The Hall–Kier alpha value is -1.98. The Balaban J connectivity index is 1.52. The molecule has 0 atom stereocenters. The molecule has 28 heavy (non-hydrogen) atoms. The molecular formula is C23H21F2NO2. The lowest BCUT2D eigenvalue weighted by molar-refractivity contribution is -0.583. The second-order valence-corrected chi connectivity index (χ2v) is 9.45. The van der Waals surface area contributed by atoms with Gasteiger partial charge in [-0.3, -0.25) is 0 Å². The zero-order chi connectivity index (χ0) is 18.7. The Morgan fingerprint density at radius 3 is 1.75 bits per heavy atom. The lowest BCUT2D eigenvalue weighted by Crippen LogP contribution is -2.76. The van der Waals surface area contributed by atoms with Crippen molar-refractivity contribution in [1.82, 2.24) is 0 Å². The number of rotatable bonds is 0. The van der Waals surface area contributed by atoms with Crippen LogP contribution in [-0.4, -0.2) is 5.60 Å². The number of halogens is 2. The average Bonchev–Trinajstić information content (AvgIpc) is 2.65. The van der Waals surface area contributed by atoms with E-state index < -0.39 is 11.2 Å². The minimum Gasteiger partial charge on any atom is -0.355 e. The number of hydrogen-bond acceptors (Lipinski definition) is 3. The van der Waals surface area contributed by atoms with Gasteiger partial charge in [0.1, 0.15) is 17.2 Å². The molecule has 3 nitrogen and oxygen atoms in total. The third-order valence-corrected chi connectivity index (χ3v) is 8.20. The molecule has 0 aromatic heterocycles. The van der Waals surface area contributed by atoms with Crippen LogP contribution in [-0.2, 0) is 15.4 Å². The van der Waals surface area contributed by atoms with Crippen LogP contribution in [0.15, 0.2) is 36.4 Å². The summed E-state index contributed by atoms with van der Waals surface area (Å²) in [5, 5.41) is 3.35. The third kappa shape index (κ3) is 1.64. The molecule has 8 rings (SSSR count). The van der Waals surface area contributed by atoms with Crippen LogP contribution >= 0.6 is 0 Å². The van der Waals surface area contributed by atoms with Crippen LogP contribution in [0.3, 0.4) is 0 Å². The SMILES string of the molecule is Fc1ccc2c(c1)C1(OOC13C1CC4CC(C1)CC3C4)c1cc(F)ccc1N2. The number of fused-ring (bicyclic) bond motifs is 4. The van der Waals surface area contributed by atoms with Crippen LogP contribution in [0.2, 0.25) is 0 Å². The lowest BCUT2D eigenvalue weighted by Gasteiger charge is -2.70. The van der Waals surface area contributed by atoms with Crippen molar-refractivity contribution in [3.8, 4) is 0 Å². The van der Waals surface area contributed by atoms with Crippen LogP contribution in [0.4, 0.5) is 20.2 Å². The lowest BCUT2D eigenvalue weighted by atomic mass is 9.44. The van der Waals surface area contributed by atoms with Crippen molar-refractivity contribution in [2.24, 2.45) is 23.7 Å². The highest BCUT2D eigenvalue weighted by Crippen LogP contribution is 2.72. The molecule has 0 radical (unpaired) electrons. The molecule has 1 saturated heterocycles. The Kier molecular flexibility index (Phi) is 2.81. The monoisotopic (exact) mass is 381 g/mol. The van der Waals surface area contributed by atoms with E-state index in [4.69, 9.17) is 9.78 Å². The molecule has 5 fully saturated rings. The van der Waals surface area contributed by atoms with Gasteiger partial charge in [0, 0.05) is 22.5 Å². The standard InChI is InChI=1S/C23H21F2NO2/c24-16-1-3-20-18(10-16)23(19-11-17(25)2-4-21(19)26-20)22(27-28-23)14-6-12-5-13(8-14)9-15(22)7-12/h1-4,10-15,26H,5-9H2. The summed E-state index contributed by atoms with van der Waals surface area (Å²) in [4.78, 5) is 12.1. The van der Waals surface area contributed by atoms with Crippen molar-refractivity contribution in [2.75, 3.05) is 5.32 Å². The molecule has 2 spiro atoms. The third-order valence-electron chi connectivity index (χ3n) is 8.20. The molecule has 4 aliphatic carbocycles. The first-order valence-corrected chi connectivity index (χ1v) is 10.3. The summed E-state index contributed by atoms with van der Waals surface area (Å²) >= 11 is 0. The van der Waals surface area contributed by atoms with Gasteiger partial charge in [0.25, 0.3) is 0 Å². The first-order chi connectivity index (χ1) is 13.6. The molecule has 4 saturated carbocycles. The van der Waals surface area contributed by atoms with Gasteiger partial charge in [0.2, 0.25) is 0 Å². The maximum atomic E-state index is 14.4. The minimum absolute atomic E-state index is 0.311. The Morgan fingerprint density at radius 1 is 0.750 bits per heavy atom. The molecule has 144 valence electrons. The van der Waals surface area contributed by atoms with E-state index >= 15 is 0 Å². The van der Waals surface area contributed by atoms with Gasteiger partial charge in [0.05, 0.1) is 0 Å². The van der Waals surface area contributed by atoms with Crippen LogP contribution in [0.1, 0.15) is 43.2 Å². The maximum Gasteiger partial charge on any atom is 0.190 e. The fraction of sp³-hybridized carbons (Fsp3) is 0.478. The molecule has 4 bridgehead atoms. The largest absolute Gasteiger partial charge is 0.355 e. The molecule has 2 aromatic carbocycles. The van der Waals surface area contributed by atoms with E-state index in [2.05, 4.69) is 5.32 Å². The van der Waals surface area contributed by atoms with Gasteiger partial charge in [0.15, 0.2) is 5.60 Å². The molecule has 2 aliphatic heterocycles. The number of hydrogen-bond donors (Lipinski definition) is 1. The summed E-state index contributed by atoms with van der Waals surface area (Å²) in [5.41, 5.74) is 1.63. The van der Waals surface area contributed by atoms with E-state index in [-0.39, 0.29) is 11.6 Å². The minimum atomic E-state index is -0.949. The van der Waals surface area contributed by atoms with Gasteiger partial charge >= 0.3 is 0 Å². The van der Waals surface area contributed by atoms with Crippen LogP contribution in [0, 0.1) is 35.3 Å². The predicted octanol–water partition coefficient (Wildman–Crippen LogP) is 5.42. The number of nitrogens with one attached hydrogen (secondary N) is 1. The molecule has 2 aromatic rings. The summed E-state index contributed by atoms with van der Waals surface area (Å²) < 4.78 is 28.7. The van der Waals surface area contributed by atoms with Crippen molar-refractivity contribution >= 4 is 11.4 Å². The van der Waals surface area contributed by atoms with E-state index in [0.29, 0.717) is 11.8 Å². The van der Waals surface area contributed by atoms with E-state index in [1.807, 2.05) is 0 Å². The van der Waals surface area contributed by atoms with Crippen molar-refractivity contribution in [2.45, 2.75) is 43.3 Å². The van der Waals surface area contributed by atoms with Gasteiger partial charge in [-0.2, -0.15) is 0 Å². The molecule has 1 N–H and O–H groups in total. The van der Waals surface area contributed by atoms with Gasteiger partial charge < -0.3 is 5.32 Å². The average molecular weight is 381 g/mol. The van der Waals surface area contributed by atoms with Gasteiger partial charge in [-0.15, -0.1) is 0 Å². The van der Waals surface area contributed by atoms with Crippen molar-refractivity contribution < 1.29 is 18.6 Å². The number of benzene rings is 2. The first-order valence-electron chi connectivity index (χ1n) is 10.3. The highest BCUT2D eigenvalue weighted by Gasteiger charge is 2.77. The second kappa shape index (κ2) is 4.95. The Bertz CT molecular complexity index is 940. The molecule has 0 unspecified atom stereocenters. The zero-order valence-electron chi connectivity index (χ0n) is 15.4. The molecule has 6 aliphatic rings. The molecule has 5 heteroatoms.